The van der Waals surface area contributed by atoms with Gasteiger partial charge >= 0.3 is 21.6 Å². The maximum atomic E-state index is 11.6. The number of carbonyl (C=O) groups is 1. The standard InChI is InChI=1S/C20H27N5O10P2/c1-21-18-17-19(24-15(23-18)6-4-3-5-7-16(26)33-2)25(11-22-17)13-8-14(35-37(30,31)32)20(9-12(13)20)10-34-36(27,28)29/h11-14H,3,5,7-10H2,1-2H3,(H,21,23,24)(H2,27,28,29)(H2,30,31,32)/t12-,13?,14?,20+/m0/s1. The van der Waals surface area contributed by atoms with Gasteiger partial charge in [-0.15, -0.1) is 0 Å². The van der Waals surface area contributed by atoms with Gasteiger partial charge in [-0.25, -0.2) is 24.1 Å². The molecule has 5 N–H and O–H groups in total. The van der Waals surface area contributed by atoms with Gasteiger partial charge in [0.1, 0.15) is 0 Å². The van der Waals surface area contributed by atoms with Gasteiger partial charge in [0.25, 0.3) is 0 Å². The molecule has 4 atom stereocenters. The third kappa shape index (κ3) is 6.19. The second-order valence-electron chi connectivity index (χ2n) is 8.90. The van der Waals surface area contributed by atoms with E-state index in [1.54, 1.807) is 11.6 Å². The highest BCUT2D eigenvalue weighted by Crippen LogP contribution is 2.71. The Morgan fingerprint density at radius 3 is 2.68 bits per heavy atom. The summed E-state index contributed by atoms with van der Waals surface area (Å²) in [6.07, 6.45) is 2.23. The van der Waals surface area contributed by atoms with Gasteiger partial charge in [-0.05, 0) is 31.1 Å². The molecule has 2 aromatic heterocycles. The number of unbranched alkanes of at least 4 members (excludes halogenated alkanes) is 1. The van der Waals surface area contributed by atoms with Crippen LogP contribution in [0.25, 0.3) is 11.2 Å². The van der Waals surface area contributed by atoms with Crippen molar-refractivity contribution in [3.8, 4) is 11.8 Å². The number of methoxy groups -OCH3 is 1. The molecule has 0 aliphatic heterocycles. The monoisotopic (exact) mass is 559 g/mol. The molecule has 0 amide bonds. The number of aromatic nitrogens is 4. The lowest BCUT2D eigenvalue weighted by Gasteiger charge is -2.24. The van der Waals surface area contributed by atoms with Crippen LogP contribution in [0.3, 0.4) is 0 Å². The van der Waals surface area contributed by atoms with E-state index < -0.39 is 33.8 Å². The number of hydrogen-bond donors (Lipinski definition) is 5. The first-order valence-electron chi connectivity index (χ1n) is 11.3. The molecule has 37 heavy (non-hydrogen) atoms. The molecule has 2 fully saturated rings. The Balaban J connectivity index is 1.62. The van der Waals surface area contributed by atoms with Crippen molar-refractivity contribution in [3.05, 3.63) is 12.2 Å². The molecule has 2 aromatic rings. The summed E-state index contributed by atoms with van der Waals surface area (Å²) < 4.78 is 39.0. The number of phosphoric ester groups is 2. The fraction of sp³-hybridized carbons (Fsp3) is 0.600. The quantitative estimate of drug-likeness (QED) is 0.119. The fourth-order valence-electron chi connectivity index (χ4n) is 4.90. The van der Waals surface area contributed by atoms with Crippen molar-refractivity contribution in [2.75, 3.05) is 26.1 Å². The predicted octanol–water partition coefficient (Wildman–Crippen LogP) is 1.10. The number of rotatable bonds is 10. The lowest BCUT2D eigenvalue weighted by Crippen LogP contribution is -2.26. The average Bonchev–Trinajstić information content (AvgIpc) is 3.29. The minimum absolute atomic E-state index is 0.138. The topological polar surface area (TPSA) is 215 Å². The maximum Gasteiger partial charge on any atom is 0.469 e. The SMILES string of the molecule is CNc1nc(C#CCCCC(=O)OC)nc2c1ncn2C1CC(OP(=O)(O)O)[C@@]2(COP(=O)(O)O)C[C@@H]12. The van der Waals surface area contributed by atoms with E-state index in [0.29, 0.717) is 36.2 Å². The van der Waals surface area contributed by atoms with Crippen LogP contribution in [0.1, 0.15) is 44.0 Å². The number of phosphoric acid groups is 2. The zero-order valence-electron chi connectivity index (χ0n) is 20.0. The molecule has 2 aliphatic carbocycles. The smallest absolute Gasteiger partial charge is 0.469 e. The molecule has 0 bridgehead atoms. The molecule has 0 saturated heterocycles. The minimum Gasteiger partial charge on any atom is -0.469 e. The molecular formula is C20H27N5O10P2. The molecule has 0 radical (unpaired) electrons. The number of fused-ring (bicyclic) bond motifs is 2. The van der Waals surface area contributed by atoms with Crippen LogP contribution in [0.5, 0.6) is 0 Å². The summed E-state index contributed by atoms with van der Waals surface area (Å²) in [6, 6.07) is -0.387. The summed E-state index contributed by atoms with van der Waals surface area (Å²) in [5.41, 5.74) is -0.0995. The highest BCUT2D eigenvalue weighted by molar-refractivity contribution is 7.46. The molecule has 2 aliphatic rings. The number of ether oxygens (including phenoxy) is 1. The van der Waals surface area contributed by atoms with Crippen LogP contribution in [0.4, 0.5) is 5.82 Å². The number of hydrogen-bond acceptors (Lipinski definition) is 10. The lowest BCUT2D eigenvalue weighted by molar-refractivity contribution is -0.140. The first kappa shape index (κ1) is 27.6. The number of anilines is 1. The van der Waals surface area contributed by atoms with E-state index in [0.717, 1.165) is 0 Å². The van der Waals surface area contributed by atoms with Crippen LogP contribution >= 0.6 is 15.6 Å². The minimum atomic E-state index is -4.89. The Morgan fingerprint density at radius 1 is 1.27 bits per heavy atom. The molecular weight excluding hydrogens is 532 g/mol. The van der Waals surface area contributed by atoms with Gasteiger partial charge in [0.15, 0.2) is 17.0 Å². The largest absolute Gasteiger partial charge is 0.469 e. The van der Waals surface area contributed by atoms with Crippen molar-refractivity contribution in [3.63, 3.8) is 0 Å². The molecule has 17 heteroatoms. The van der Waals surface area contributed by atoms with Gasteiger partial charge in [-0.3, -0.25) is 13.8 Å². The lowest BCUT2D eigenvalue weighted by atomic mass is 10.0. The molecule has 0 spiro atoms. The average molecular weight is 559 g/mol. The van der Waals surface area contributed by atoms with Crippen LogP contribution < -0.4 is 5.32 Å². The Hall–Kier alpha value is -2.40. The van der Waals surface area contributed by atoms with E-state index in [-0.39, 0.29) is 36.6 Å². The Morgan fingerprint density at radius 2 is 2.03 bits per heavy atom. The van der Waals surface area contributed by atoms with Crippen LogP contribution in [0.15, 0.2) is 6.33 Å². The Kier molecular flexibility index (Phi) is 7.77. The van der Waals surface area contributed by atoms with Crippen LogP contribution in [-0.2, 0) is 27.7 Å². The van der Waals surface area contributed by atoms with Gasteiger partial charge in [-0.2, -0.15) is 0 Å². The molecule has 202 valence electrons. The summed E-state index contributed by atoms with van der Waals surface area (Å²) in [7, 11) is -6.71. The normalized spacial score (nSPS) is 24.9. The van der Waals surface area contributed by atoms with E-state index >= 15 is 0 Å². The van der Waals surface area contributed by atoms with Gasteiger partial charge in [0.05, 0.1) is 26.1 Å². The van der Waals surface area contributed by atoms with Crippen molar-refractivity contribution >= 4 is 38.6 Å². The molecule has 0 aromatic carbocycles. The zero-order valence-corrected chi connectivity index (χ0v) is 21.8. The van der Waals surface area contributed by atoms with E-state index in [2.05, 4.69) is 36.8 Å². The number of imidazole rings is 1. The summed E-state index contributed by atoms with van der Waals surface area (Å²) in [5, 5.41) is 2.95. The van der Waals surface area contributed by atoms with E-state index in [1.165, 1.54) is 13.4 Å². The summed E-state index contributed by atoms with van der Waals surface area (Å²) in [5.74, 6) is 5.87. The molecule has 2 unspecified atom stereocenters. The Labute approximate surface area is 211 Å². The molecule has 4 rings (SSSR count). The van der Waals surface area contributed by atoms with Crippen molar-refractivity contribution in [1.29, 1.82) is 0 Å². The fourth-order valence-corrected chi connectivity index (χ4v) is 5.93. The number of carbonyl (C=O) groups excluding carboxylic acids is 1. The van der Waals surface area contributed by atoms with Crippen LogP contribution in [0.2, 0.25) is 0 Å². The first-order valence-corrected chi connectivity index (χ1v) is 14.3. The van der Waals surface area contributed by atoms with E-state index in [4.69, 9.17) is 9.05 Å². The number of esters is 1. The third-order valence-corrected chi connectivity index (χ3v) is 7.63. The summed E-state index contributed by atoms with van der Waals surface area (Å²) in [4.78, 5) is 61.7. The maximum absolute atomic E-state index is 11.6. The van der Waals surface area contributed by atoms with Gasteiger partial charge in [0.2, 0.25) is 5.82 Å². The van der Waals surface area contributed by atoms with E-state index in [9.17, 15) is 33.5 Å². The first-order chi connectivity index (χ1) is 17.4. The summed E-state index contributed by atoms with van der Waals surface area (Å²) in [6.45, 7) is -0.422. The third-order valence-electron chi connectivity index (χ3n) is 6.63. The number of nitrogens with zero attached hydrogens (tertiary/aromatic N) is 4. The van der Waals surface area contributed by atoms with Crippen LogP contribution in [0, 0.1) is 23.2 Å². The highest BCUT2D eigenvalue weighted by atomic mass is 31.2. The molecule has 2 saturated carbocycles. The van der Waals surface area contributed by atoms with Crippen molar-refractivity contribution in [1.82, 2.24) is 19.5 Å². The second kappa shape index (κ2) is 10.4. The predicted molar refractivity (Wildman–Crippen MR) is 127 cm³/mol. The highest BCUT2D eigenvalue weighted by Gasteiger charge is 2.70. The van der Waals surface area contributed by atoms with Crippen LogP contribution in [-0.4, -0.2) is 71.9 Å². The zero-order chi connectivity index (χ0) is 27.0. The number of nitrogens with one attached hydrogen (secondary N) is 1. The van der Waals surface area contributed by atoms with Crippen molar-refractivity contribution in [2.24, 2.45) is 11.3 Å². The van der Waals surface area contributed by atoms with Crippen molar-refractivity contribution in [2.45, 2.75) is 44.2 Å². The van der Waals surface area contributed by atoms with Crippen molar-refractivity contribution < 1.29 is 47.3 Å². The van der Waals surface area contributed by atoms with E-state index in [1.807, 2.05) is 0 Å². The second-order valence-corrected chi connectivity index (χ2v) is 11.3. The van der Waals surface area contributed by atoms with Gasteiger partial charge in [-0.1, -0.05) is 5.92 Å². The molecule has 15 nitrogen and oxygen atoms in total. The molecule has 2 heterocycles. The van der Waals surface area contributed by atoms with Gasteiger partial charge in [0, 0.05) is 31.3 Å². The van der Waals surface area contributed by atoms with Gasteiger partial charge < -0.3 is 34.2 Å². The summed E-state index contributed by atoms with van der Waals surface area (Å²) >= 11 is 0. The Bertz CT molecular complexity index is 1340.